The third-order valence-electron chi connectivity index (χ3n) is 3.31. The van der Waals surface area contributed by atoms with E-state index in [1.54, 1.807) is 0 Å². The summed E-state index contributed by atoms with van der Waals surface area (Å²) in [6.07, 6.45) is 1.69. The van der Waals surface area contributed by atoms with Gasteiger partial charge in [0.1, 0.15) is 5.82 Å². The smallest absolute Gasteiger partial charge is 0.337 e. The van der Waals surface area contributed by atoms with Gasteiger partial charge in [0.05, 0.1) is 24.3 Å². The molecule has 1 amide bonds. The molecule has 1 fully saturated rings. The van der Waals surface area contributed by atoms with Gasteiger partial charge in [-0.2, -0.15) is 0 Å². The quantitative estimate of drug-likeness (QED) is 0.824. The van der Waals surface area contributed by atoms with E-state index in [0.29, 0.717) is 6.54 Å². The predicted octanol–water partition coefficient (Wildman–Crippen LogP) is 1.55. The van der Waals surface area contributed by atoms with E-state index in [0.717, 1.165) is 25.5 Å². The molecule has 0 aliphatic carbocycles. The molecular formula is C14H17FN2O3. The van der Waals surface area contributed by atoms with Gasteiger partial charge in [-0.3, -0.25) is 4.79 Å². The van der Waals surface area contributed by atoms with Crippen molar-refractivity contribution in [3.63, 3.8) is 0 Å². The van der Waals surface area contributed by atoms with Crippen LogP contribution in [0.4, 0.5) is 10.1 Å². The van der Waals surface area contributed by atoms with Crippen molar-refractivity contribution >= 4 is 17.6 Å². The van der Waals surface area contributed by atoms with Crippen molar-refractivity contribution in [2.24, 2.45) is 5.92 Å². The van der Waals surface area contributed by atoms with Crippen LogP contribution in [0.25, 0.3) is 0 Å². The second-order valence-corrected chi connectivity index (χ2v) is 4.72. The molecule has 1 aromatic rings. The van der Waals surface area contributed by atoms with E-state index in [1.165, 1.54) is 19.2 Å². The molecule has 0 saturated carbocycles. The lowest BCUT2D eigenvalue weighted by Gasteiger charge is -2.22. The summed E-state index contributed by atoms with van der Waals surface area (Å²) in [5, 5.41) is 5.66. The highest BCUT2D eigenvalue weighted by Gasteiger charge is 2.22. The van der Waals surface area contributed by atoms with Crippen molar-refractivity contribution < 1.29 is 18.7 Å². The Morgan fingerprint density at radius 2 is 2.25 bits per heavy atom. The number of halogens is 1. The molecule has 0 radical (unpaired) electrons. The van der Waals surface area contributed by atoms with Crippen molar-refractivity contribution in [3.8, 4) is 0 Å². The zero-order chi connectivity index (χ0) is 14.5. The summed E-state index contributed by atoms with van der Waals surface area (Å²) in [5.41, 5.74) is 0.203. The lowest BCUT2D eigenvalue weighted by atomic mass is 9.98. The van der Waals surface area contributed by atoms with E-state index < -0.39 is 11.8 Å². The maximum atomic E-state index is 13.7. The number of esters is 1. The zero-order valence-electron chi connectivity index (χ0n) is 11.2. The molecule has 20 heavy (non-hydrogen) atoms. The van der Waals surface area contributed by atoms with E-state index in [-0.39, 0.29) is 23.1 Å². The number of hydrogen-bond donors (Lipinski definition) is 2. The summed E-state index contributed by atoms with van der Waals surface area (Å²) >= 11 is 0. The Labute approximate surface area is 116 Å². The number of carbonyl (C=O) groups is 2. The monoisotopic (exact) mass is 280 g/mol. The summed E-state index contributed by atoms with van der Waals surface area (Å²) in [6, 6.07) is 3.75. The standard InChI is InChI=1S/C14H17FN2O3/c1-20-14(19)9-4-5-11(15)12(7-9)17-13(18)10-3-2-6-16-8-10/h4-5,7,10,16H,2-3,6,8H2,1H3,(H,17,18). The summed E-state index contributed by atoms with van der Waals surface area (Å²) in [4.78, 5) is 23.4. The Morgan fingerprint density at radius 1 is 1.45 bits per heavy atom. The second-order valence-electron chi connectivity index (χ2n) is 4.72. The van der Waals surface area contributed by atoms with Gasteiger partial charge >= 0.3 is 5.97 Å². The number of ether oxygens (including phenoxy) is 1. The number of amides is 1. The third kappa shape index (κ3) is 3.33. The second kappa shape index (κ2) is 6.47. The van der Waals surface area contributed by atoms with E-state index in [1.807, 2.05) is 0 Å². The maximum absolute atomic E-state index is 13.7. The first-order chi connectivity index (χ1) is 9.61. The number of benzene rings is 1. The highest BCUT2D eigenvalue weighted by atomic mass is 19.1. The Hall–Kier alpha value is -1.95. The van der Waals surface area contributed by atoms with Gasteiger partial charge in [0.2, 0.25) is 5.91 Å². The maximum Gasteiger partial charge on any atom is 0.337 e. The summed E-state index contributed by atoms with van der Waals surface area (Å²) in [7, 11) is 1.25. The molecule has 2 N–H and O–H groups in total. The number of rotatable bonds is 3. The van der Waals surface area contributed by atoms with Gasteiger partial charge in [0.25, 0.3) is 0 Å². The Balaban J connectivity index is 2.11. The molecule has 1 atom stereocenters. The van der Waals surface area contributed by atoms with Gasteiger partial charge < -0.3 is 15.4 Å². The first kappa shape index (κ1) is 14.5. The molecule has 1 heterocycles. The number of hydrogen-bond acceptors (Lipinski definition) is 4. The summed E-state index contributed by atoms with van der Waals surface area (Å²) in [5.74, 6) is -1.56. The zero-order valence-corrected chi connectivity index (χ0v) is 11.2. The van der Waals surface area contributed by atoms with E-state index in [9.17, 15) is 14.0 Å². The van der Waals surface area contributed by atoms with E-state index in [2.05, 4.69) is 15.4 Å². The number of piperidine rings is 1. The largest absolute Gasteiger partial charge is 0.465 e. The first-order valence-corrected chi connectivity index (χ1v) is 6.51. The van der Waals surface area contributed by atoms with Crippen LogP contribution in [-0.4, -0.2) is 32.1 Å². The molecular weight excluding hydrogens is 263 g/mol. The molecule has 0 aromatic heterocycles. The SMILES string of the molecule is COC(=O)c1ccc(F)c(NC(=O)C2CCCNC2)c1. The van der Waals surface area contributed by atoms with Gasteiger partial charge in [-0.05, 0) is 37.6 Å². The minimum Gasteiger partial charge on any atom is -0.465 e. The highest BCUT2D eigenvalue weighted by molar-refractivity contribution is 5.95. The number of anilines is 1. The lowest BCUT2D eigenvalue weighted by Crippen LogP contribution is -2.37. The fraction of sp³-hybridized carbons (Fsp3) is 0.429. The van der Waals surface area contributed by atoms with Crippen molar-refractivity contribution in [2.45, 2.75) is 12.8 Å². The van der Waals surface area contributed by atoms with Crippen molar-refractivity contribution in [1.82, 2.24) is 5.32 Å². The highest BCUT2D eigenvalue weighted by Crippen LogP contribution is 2.19. The molecule has 0 bridgehead atoms. The Bertz CT molecular complexity index is 513. The molecule has 6 heteroatoms. The van der Waals surface area contributed by atoms with Gasteiger partial charge in [0, 0.05) is 6.54 Å². The molecule has 108 valence electrons. The van der Waals surface area contributed by atoms with Crippen LogP contribution < -0.4 is 10.6 Å². The molecule has 1 unspecified atom stereocenters. The minimum absolute atomic E-state index is 0.00322. The van der Waals surface area contributed by atoms with E-state index >= 15 is 0 Å². The van der Waals surface area contributed by atoms with E-state index in [4.69, 9.17) is 0 Å². The molecule has 2 rings (SSSR count). The topological polar surface area (TPSA) is 67.4 Å². The van der Waals surface area contributed by atoms with Crippen LogP contribution in [0.15, 0.2) is 18.2 Å². The van der Waals surface area contributed by atoms with Crippen LogP contribution in [0, 0.1) is 11.7 Å². The van der Waals surface area contributed by atoms with Crippen molar-refractivity contribution in [1.29, 1.82) is 0 Å². The average molecular weight is 280 g/mol. The van der Waals surface area contributed by atoms with Crippen molar-refractivity contribution in [2.75, 3.05) is 25.5 Å². The van der Waals surface area contributed by atoms with Crippen LogP contribution in [-0.2, 0) is 9.53 Å². The van der Waals surface area contributed by atoms with Gasteiger partial charge in [-0.1, -0.05) is 0 Å². The Morgan fingerprint density at radius 3 is 2.90 bits per heavy atom. The van der Waals surface area contributed by atoms with Crippen LogP contribution in [0.1, 0.15) is 23.2 Å². The fourth-order valence-electron chi connectivity index (χ4n) is 2.18. The molecule has 1 aromatic carbocycles. The molecule has 1 saturated heterocycles. The van der Waals surface area contributed by atoms with Crippen LogP contribution in [0.2, 0.25) is 0 Å². The first-order valence-electron chi connectivity index (χ1n) is 6.51. The number of carbonyl (C=O) groups excluding carboxylic acids is 2. The molecule has 0 spiro atoms. The molecule has 1 aliphatic heterocycles. The van der Waals surface area contributed by atoms with Crippen molar-refractivity contribution in [3.05, 3.63) is 29.6 Å². The molecule has 5 nitrogen and oxygen atoms in total. The normalized spacial score (nSPS) is 18.4. The molecule has 1 aliphatic rings. The lowest BCUT2D eigenvalue weighted by molar-refractivity contribution is -0.120. The Kier molecular flexibility index (Phi) is 4.68. The third-order valence-corrected chi connectivity index (χ3v) is 3.31. The number of methoxy groups -OCH3 is 1. The van der Waals surface area contributed by atoms with Crippen LogP contribution in [0.3, 0.4) is 0 Å². The average Bonchev–Trinajstić information content (AvgIpc) is 2.49. The summed E-state index contributed by atoms with van der Waals surface area (Å²) < 4.78 is 18.3. The van der Waals surface area contributed by atoms with Gasteiger partial charge in [-0.15, -0.1) is 0 Å². The van der Waals surface area contributed by atoms with Crippen LogP contribution >= 0.6 is 0 Å². The fourth-order valence-corrected chi connectivity index (χ4v) is 2.18. The van der Waals surface area contributed by atoms with Gasteiger partial charge in [-0.25, -0.2) is 9.18 Å². The summed E-state index contributed by atoms with van der Waals surface area (Å²) in [6.45, 7) is 1.49. The van der Waals surface area contributed by atoms with Crippen LogP contribution in [0.5, 0.6) is 0 Å². The number of nitrogens with one attached hydrogen (secondary N) is 2. The minimum atomic E-state index is -0.574. The predicted molar refractivity (Wildman–Crippen MR) is 72.0 cm³/mol. The van der Waals surface area contributed by atoms with Gasteiger partial charge in [0.15, 0.2) is 0 Å².